The maximum Gasteiger partial charge on any atom is 0.164 e. The number of anilines is 1. The van der Waals surface area contributed by atoms with E-state index < -0.39 is 11.6 Å². The number of nitrogens with one attached hydrogen (secondary N) is 1. The van der Waals surface area contributed by atoms with E-state index in [1.165, 1.54) is 6.07 Å². The Morgan fingerprint density at radius 1 is 1.39 bits per heavy atom. The largest absolute Gasteiger partial charge is 0.396 e. The lowest BCUT2D eigenvalue weighted by Crippen LogP contribution is -2.04. The van der Waals surface area contributed by atoms with Crippen LogP contribution in [0.5, 0.6) is 0 Å². The summed E-state index contributed by atoms with van der Waals surface area (Å²) in [4.78, 5) is 0. The van der Waals surface area contributed by atoms with E-state index in [-0.39, 0.29) is 11.3 Å². The second-order valence-corrected chi connectivity index (χ2v) is 3.78. The predicted molar refractivity (Wildman–Crippen MR) is 69.7 cm³/mol. The molecule has 0 spiro atoms. The third-order valence-electron chi connectivity index (χ3n) is 2.64. The molecule has 0 aliphatic rings. The fraction of sp³-hybridized carbons (Fsp3) is 0.286. The molecule has 0 amide bonds. The molecule has 2 nitrogen and oxygen atoms in total. The Morgan fingerprint density at radius 2 is 2.06 bits per heavy atom. The van der Waals surface area contributed by atoms with Crippen molar-refractivity contribution in [2.45, 2.75) is 20.3 Å². The zero-order chi connectivity index (χ0) is 13.7. The lowest BCUT2D eigenvalue weighted by Gasteiger charge is -2.03. The first kappa shape index (κ1) is 14.0. The molecule has 1 aromatic carbocycles. The highest BCUT2D eigenvalue weighted by Crippen LogP contribution is 2.17. The Bertz CT molecular complexity index is 537. The predicted octanol–water partition coefficient (Wildman–Crippen LogP) is 2.80. The molecule has 0 saturated heterocycles. The van der Waals surface area contributed by atoms with E-state index in [4.69, 9.17) is 5.73 Å². The van der Waals surface area contributed by atoms with Crippen molar-refractivity contribution in [1.29, 1.82) is 0 Å². The maximum absolute atomic E-state index is 13.6. The molecule has 0 fully saturated rings. The average Bonchev–Trinajstić information content (AvgIpc) is 2.37. The lowest BCUT2D eigenvalue weighted by atomic mass is 10.1. The van der Waals surface area contributed by atoms with E-state index in [1.807, 2.05) is 13.8 Å². The van der Waals surface area contributed by atoms with Crippen LogP contribution >= 0.6 is 0 Å². The minimum absolute atomic E-state index is 0.104. The topological polar surface area (TPSA) is 38.0 Å². The van der Waals surface area contributed by atoms with Crippen LogP contribution in [0.3, 0.4) is 0 Å². The van der Waals surface area contributed by atoms with Gasteiger partial charge in [0.2, 0.25) is 0 Å². The molecular weight excluding hydrogens is 234 g/mol. The molecule has 0 heterocycles. The van der Waals surface area contributed by atoms with Crippen molar-refractivity contribution in [3.8, 4) is 11.8 Å². The summed E-state index contributed by atoms with van der Waals surface area (Å²) in [7, 11) is 1.77. The molecular formula is C14H16F2N2. The zero-order valence-electron chi connectivity index (χ0n) is 10.7. The van der Waals surface area contributed by atoms with Crippen LogP contribution in [0.4, 0.5) is 14.5 Å². The smallest absolute Gasteiger partial charge is 0.164 e. The molecule has 1 rings (SSSR count). The summed E-state index contributed by atoms with van der Waals surface area (Å²) in [6.45, 7) is 3.79. The van der Waals surface area contributed by atoms with Gasteiger partial charge in [-0.3, -0.25) is 0 Å². The van der Waals surface area contributed by atoms with Gasteiger partial charge < -0.3 is 11.1 Å². The van der Waals surface area contributed by atoms with Crippen molar-refractivity contribution in [2.75, 3.05) is 12.8 Å². The second-order valence-electron chi connectivity index (χ2n) is 3.78. The van der Waals surface area contributed by atoms with E-state index in [0.29, 0.717) is 6.42 Å². The number of allylic oxidation sites excluding steroid dienone is 2. The van der Waals surface area contributed by atoms with Gasteiger partial charge in [-0.2, -0.15) is 0 Å². The van der Waals surface area contributed by atoms with Crippen molar-refractivity contribution in [3.63, 3.8) is 0 Å². The molecule has 0 aliphatic heterocycles. The first-order valence-electron chi connectivity index (χ1n) is 5.64. The van der Waals surface area contributed by atoms with Gasteiger partial charge in [-0.25, -0.2) is 8.78 Å². The number of nitrogens with two attached hydrogens (primary N) is 1. The quantitative estimate of drug-likeness (QED) is 0.625. The molecule has 0 aliphatic carbocycles. The first-order valence-corrected chi connectivity index (χ1v) is 5.64. The normalized spacial score (nSPS) is 11.4. The molecule has 0 atom stereocenters. The lowest BCUT2D eigenvalue weighted by molar-refractivity contribution is 0.580. The summed E-state index contributed by atoms with van der Waals surface area (Å²) < 4.78 is 27.0. The third-order valence-corrected chi connectivity index (χ3v) is 2.64. The van der Waals surface area contributed by atoms with Crippen molar-refractivity contribution in [3.05, 3.63) is 40.6 Å². The van der Waals surface area contributed by atoms with Crippen molar-refractivity contribution >= 4 is 5.69 Å². The molecule has 1 aromatic rings. The third kappa shape index (κ3) is 3.01. The van der Waals surface area contributed by atoms with E-state index >= 15 is 0 Å². The van der Waals surface area contributed by atoms with Crippen LogP contribution in [0.15, 0.2) is 23.4 Å². The second kappa shape index (κ2) is 6.06. The fourth-order valence-electron chi connectivity index (χ4n) is 1.42. The van der Waals surface area contributed by atoms with Gasteiger partial charge >= 0.3 is 0 Å². The van der Waals surface area contributed by atoms with Crippen LogP contribution in [0.2, 0.25) is 0 Å². The standard InChI is InChI=1S/C14H16F2N2/c1-4-10(9(2)18-3)5-6-11-12(15)7-8-13(17)14(11)16/h7-8,18H,4,17H2,1-3H3/b10-9+. The van der Waals surface area contributed by atoms with E-state index in [2.05, 4.69) is 17.2 Å². The molecule has 0 radical (unpaired) electrons. The van der Waals surface area contributed by atoms with Gasteiger partial charge in [-0.15, -0.1) is 0 Å². The SMILES string of the molecule is CC/C(C#Cc1c(F)ccc(N)c1F)=C(/C)NC. The van der Waals surface area contributed by atoms with Crippen LogP contribution in [0, 0.1) is 23.5 Å². The van der Waals surface area contributed by atoms with Crippen molar-refractivity contribution in [1.82, 2.24) is 5.32 Å². The minimum atomic E-state index is -0.805. The van der Waals surface area contributed by atoms with E-state index in [0.717, 1.165) is 17.3 Å². The van der Waals surface area contributed by atoms with Gasteiger partial charge in [0.15, 0.2) is 5.82 Å². The number of halogens is 2. The van der Waals surface area contributed by atoms with Crippen LogP contribution in [-0.2, 0) is 0 Å². The minimum Gasteiger partial charge on any atom is -0.396 e. The molecule has 0 bridgehead atoms. The Morgan fingerprint density at radius 3 is 2.61 bits per heavy atom. The molecule has 3 N–H and O–H groups in total. The summed E-state index contributed by atoms with van der Waals surface area (Å²) in [5.41, 5.74) is 6.68. The van der Waals surface area contributed by atoms with Gasteiger partial charge in [-0.05, 0) is 25.5 Å². The zero-order valence-corrected chi connectivity index (χ0v) is 10.7. The van der Waals surface area contributed by atoms with E-state index in [1.54, 1.807) is 7.05 Å². The summed E-state index contributed by atoms with van der Waals surface area (Å²) in [5, 5.41) is 2.96. The van der Waals surface area contributed by atoms with Gasteiger partial charge in [0, 0.05) is 18.3 Å². The van der Waals surface area contributed by atoms with Crippen molar-refractivity contribution in [2.24, 2.45) is 0 Å². The van der Waals surface area contributed by atoms with E-state index in [9.17, 15) is 8.78 Å². The molecule has 0 saturated carbocycles. The first-order chi connectivity index (χ1) is 8.51. The Labute approximate surface area is 106 Å². The maximum atomic E-state index is 13.6. The summed E-state index contributed by atoms with van der Waals surface area (Å²) in [6.07, 6.45) is 0.686. The average molecular weight is 250 g/mol. The van der Waals surface area contributed by atoms with Crippen LogP contribution < -0.4 is 11.1 Å². The summed E-state index contributed by atoms with van der Waals surface area (Å²) in [5.74, 6) is 3.78. The fourth-order valence-corrected chi connectivity index (χ4v) is 1.42. The van der Waals surface area contributed by atoms with Gasteiger partial charge in [0.1, 0.15) is 5.82 Å². The molecule has 4 heteroatoms. The highest BCUT2D eigenvalue weighted by molar-refractivity contribution is 5.51. The Kier molecular flexibility index (Phi) is 4.73. The Balaban J connectivity index is 3.25. The molecule has 0 aromatic heterocycles. The molecule has 18 heavy (non-hydrogen) atoms. The van der Waals surface area contributed by atoms with Crippen LogP contribution in [0.25, 0.3) is 0 Å². The molecule has 96 valence electrons. The number of rotatable bonds is 2. The Hall–Kier alpha value is -2.02. The summed E-state index contributed by atoms with van der Waals surface area (Å²) >= 11 is 0. The van der Waals surface area contributed by atoms with Gasteiger partial charge in [0.05, 0.1) is 11.3 Å². The van der Waals surface area contributed by atoms with Crippen LogP contribution in [-0.4, -0.2) is 7.05 Å². The molecule has 0 unspecified atom stereocenters. The monoisotopic (exact) mass is 250 g/mol. The van der Waals surface area contributed by atoms with Crippen LogP contribution in [0.1, 0.15) is 25.8 Å². The van der Waals surface area contributed by atoms with Gasteiger partial charge in [-0.1, -0.05) is 18.8 Å². The van der Waals surface area contributed by atoms with Gasteiger partial charge in [0.25, 0.3) is 0 Å². The number of benzene rings is 1. The number of nitrogen functional groups attached to an aromatic ring is 1. The highest BCUT2D eigenvalue weighted by Gasteiger charge is 2.09. The number of hydrogen-bond donors (Lipinski definition) is 2. The highest BCUT2D eigenvalue weighted by atomic mass is 19.1. The number of hydrogen-bond acceptors (Lipinski definition) is 2. The summed E-state index contributed by atoms with van der Waals surface area (Å²) in [6, 6.07) is 2.30. The van der Waals surface area contributed by atoms with Crippen molar-refractivity contribution < 1.29 is 8.78 Å².